The lowest BCUT2D eigenvalue weighted by Crippen LogP contribution is -2.13. The Balaban J connectivity index is 1.69. The van der Waals surface area contributed by atoms with Gasteiger partial charge in [0.25, 0.3) is 5.91 Å². The predicted molar refractivity (Wildman–Crippen MR) is 124 cm³/mol. The molecule has 1 N–H and O–H groups in total. The number of nitrogens with zero attached hydrogens (tertiary/aromatic N) is 1. The largest absolute Gasteiger partial charge is 0.488 e. The fourth-order valence-electron chi connectivity index (χ4n) is 2.51. The van der Waals surface area contributed by atoms with Gasteiger partial charge < -0.3 is 10.1 Å². The molecular weight excluding hydrogens is 518 g/mol. The van der Waals surface area contributed by atoms with Gasteiger partial charge in [0.2, 0.25) is 0 Å². The van der Waals surface area contributed by atoms with E-state index in [4.69, 9.17) is 16.3 Å². The molecule has 0 aromatic heterocycles. The molecule has 1 amide bonds. The lowest BCUT2D eigenvalue weighted by Gasteiger charge is -2.09. The number of halogens is 3. The third-order valence-corrected chi connectivity index (χ3v) is 5.14. The summed E-state index contributed by atoms with van der Waals surface area (Å²) < 4.78 is 19.6. The Morgan fingerprint density at radius 3 is 2.47 bits per heavy atom. The molecule has 150 valence electrons. The van der Waals surface area contributed by atoms with Gasteiger partial charge in [0.15, 0.2) is 0 Å². The Labute approximate surface area is 192 Å². The van der Waals surface area contributed by atoms with E-state index in [1.54, 1.807) is 48.5 Å². The Bertz CT molecular complexity index is 1120. The summed E-state index contributed by atoms with van der Waals surface area (Å²) in [6.07, 6.45) is 1.51. The van der Waals surface area contributed by atoms with Crippen molar-refractivity contribution in [2.75, 3.05) is 5.32 Å². The topological polar surface area (TPSA) is 62.1 Å². The highest BCUT2D eigenvalue weighted by Crippen LogP contribution is 2.24. The third kappa shape index (κ3) is 6.05. The van der Waals surface area contributed by atoms with Crippen molar-refractivity contribution in [3.8, 4) is 11.8 Å². The van der Waals surface area contributed by atoms with Gasteiger partial charge in [-0.3, -0.25) is 4.79 Å². The number of anilines is 1. The zero-order valence-corrected chi connectivity index (χ0v) is 18.4. The molecule has 3 aromatic rings. The van der Waals surface area contributed by atoms with Crippen LogP contribution < -0.4 is 10.1 Å². The van der Waals surface area contributed by atoms with Crippen LogP contribution >= 0.6 is 34.2 Å². The van der Waals surface area contributed by atoms with Crippen molar-refractivity contribution in [1.82, 2.24) is 0 Å². The number of carbonyl (C=O) groups excluding carboxylic acids is 1. The van der Waals surface area contributed by atoms with E-state index in [9.17, 15) is 14.4 Å². The summed E-state index contributed by atoms with van der Waals surface area (Å²) in [6.45, 7) is 0.304. The van der Waals surface area contributed by atoms with Gasteiger partial charge in [-0.25, -0.2) is 4.39 Å². The highest BCUT2D eigenvalue weighted by Gasteiger charge is 2.11. The molecule has 0 bridgehead atoms. The summed E-state index contributed by atoms with van der Waals surface area (Å²) in [5.74, 6) is -0.148. The van der Waals surface area contributed by atoms with Crippen LogP contribution in [0.25, 0.3) is 6.08 Å². The number of nitriles is 1. The van der Waals surface area contributed by atoms with E-state index in [1.165, 1.54) is 18.2 Å². The van der Waals surface area contributed by atoms with Crippen LogP contribution in [0.4, 0.5) is 10.1 Å². The molecule has 0 unspecified atom stereocenters. The minimum Gasteiger partial charge on any atom is -0.488 e. The first-order valence-electron chi connectivity index (χ1n) is 8.80. The Kier molecular flexibility index (Phi) is 7.44. The number of hydrogen-bond donors (Lipinski definition) is 1. The van der Waals surface area contributed by atoms with E-state index in [2.05, 4.69) is 27.9 Å². The Hall–Kier alpha value is -2.89. The molecule has 0 aliphatic rings. The number of nitrogens with one attached hydrogen (secondary N) is 1. The number of carbonyl (C=O) groups is 1. The number of amides is 1. The molecule has 0 saturated heterocycles. The average molecular weight is 533 g/mol. The second kappa shape index (κ2) is 10.2. The van der Waals surface area contributed by atoms with Crippen molar-refractivity contribution < 1.29 is 13.9 Å². The van der Waals surface area contributed by atoms with Gasteiger partial charge >= 0.3 is 0 Å². The minimum absolute atomic E-state index is 0.0271. The van der Waals surface area contributed by atoms with Gasteiger partial charge in [-0.2, -0.15) is 5.26 Å². The molecule has 3 aromatic carbocycles. The van der Waals surface area contributed by atoms with E-state index in [-0.39, 0.29) is 11.4 Å². The van der Waals surface area contributed by atoms with Crippen LogP contribution in [0.2, 0.25) is 5.02 Å². The first-order chi connectivity index (χ1) is 14.4. The monoisotopic (exact) mass is 532 g/mol. The lowest BCUT2D eigenvalue weighted by atomic mass is 10.1. The quantitative estimate of drug-likeness (QED) is 0.233. The van der Waals surface area contributed by atoms with E-state index in [1.807, 2.05) is 12.1 Å². The van der Waals surface area contributed by atoms with Crippen LogP contribution in [0, 0.1) is 20.7 Å². The van der Waals surface area contributed by atoms with E-state index < -0.39 is 5.91 Å². The molecule has 0 atom stereocenters. The molecule has 30 heavy (non-hydrogen) atoms. The maximum Gasteiger partial charge on any atom is 0.266 e. The van der Waals surface area contributed by atoms with Crippen LogP contribution in [0.5, 0.6) is 5.75 Å². The summed E-state index contributed by atoms with van der Waals surface area (Å²) in [5, 5.41) is 12.6. The molecule has 0 aliphatic heterocycles. The van der Waals surface area contributed by atoms with E-state index in [0.29, 0.717) is 28.6 Å². The molecule has 3 rings (SSSR count). The van der Waals surface area contributed by atoms with E-state index >= 15 is 0 Å². The number of benzene rings is 3. The maximum absolute atomic E-state index is 13.0. The second-order valence-corrected chi connectivity index (χ2v) is 7.83. The number of ether oxygens (including phenoxy) is 1. The SMILES string of the molecule is N#C/C(=C/c1ccc(OCc2ccc(F)cc2)c(I)c1)C(=O)Nc1ccc(Cl)cc1. The zero-order valence-electron chi connectivity index (χ0n) is 15.5. The molecule has 0 heterocycles. The maximum atomic E-state index is 13.0. The van der Waals surface area contributed by atoms with Gasteiger partial charge in [0.1, 0.15) is 29.8 Å². The van der Waals surface area contributed by atoms with Crippen LogP contribution in [0.3, 0.4) is 0 Å². The zero-order chi connectivity index (χ0) is 21.5. The highest BCUT2D eigenvalue weighted by atomic mass is 127. The molecule has 0 spiro atoms. The van der Waals surface area contributed by atoms with Crippen molar-refractivity contribution in [2.45, 2.75) is 6.61 Å². The van der Waals surface area contributed by atoms with Crippen molar-refractivity contribution in [3.63, 3.8) is 0 Å². The fraction of sp³-hybridized carbons (Fsp3) is 0.0435. The van der Waals surface area contributed by atoms with Crippen LogP contribution in [0.1, 0.15) is 11.1 Å². The molecule has 4 nitrogen and oxygen atoms in total. The summed E-state index contributed by atoms with van der Waals surface area (Å²) in [4.78, 5) is 12.4. The second-order valence-electron chi connectivity index (χ2n) is 6.24. The standard InChI is InChI=1S/C23H15ClFIN2O2/c24-18-4-8-20(9-5-18)28-23(29)17(13-27)11-16-3-10-22(21(26)12-16)30-14-15-1-6-19(25)7-2-15/h1-12H,14H2,(H,28,29)/b17-11-. The minimum atomic E-state index is -0.508. The molecule has 0 fully saturated rings. The number of rotatable bonds is 6. The Morgan fingerprint density at radius 1 is 1.13 bits per heavy atom. The summed E-state index contributed by atoms with van der Waals surface area (Å²) in [5.41, 5.74) is 2.06. The van der Waals surface area contributed by atoms with Crippen molar-refractivity contribution in [1.29, 1.82) is 5.26 Å². The van der Waals surface area contributed by atoms with Gasteiger partial charge in [-0.05, 0) is 88.3 Å². The summed E-state index contributed by atoms with van der Waals surface area (Å²) in [7, 11) is 0. The smallest absolute Gasteiger partial charge is 0.266 e. The van der Waals surface area contributed by atoms with Crippen LogP contribution in [0.15, 0.2) is 72.3 Å². The average Bonchev–Trinajstić information content (AvgIpc) is 2.74. The van der Waals surface area contributed by atoms with Crippen molar-refractivity contribution >= 4 is 51.9 Å². The fourth-order valence-corrected chi connectivity index (χ4v) is 3.33. The van der Waals surface area contributed by atoms with Gasteiger partial charge in [0, 0.05) is 10.7 Å². The van der Waals surface area contributed by atoms with E-state index in [0.717, 1.165) is 9.13 Å². The first-order valence-corrected chi connectivity index (χ1v) is 10.3. The summed E-state index contributed by atoms with van der Waals surface area (Å²) >= 11 is 7.96. The van der Waals surface area contributed by atoms with Gasteiger partial charge in [-0.1, -0.05) is 29.8 Å². The highest BCUT2D eigenvalue weighted by molar-refractivity contribution is 14.1. The van der Waals surface area contributed by atoms with Crippen LogP contribution in [-0.2, 0) is 11.4 Å². The normalized spacial score (nSPS) is 10.9. The van der Waals surface area contributed by atoms with Crippen molar-refractivity contribution in [2.24, 2.45) is 0 Å². The molecule has 0 aliphatic carbocycles. The molecule has 0 saturated carbocycles. The third-order valence-electron chi connectivity index (χ3n) is 4.04. The van der Waals surface area contributed by atoms with Gasteiger partial charge in [-0.15, -0.1) is 0 Å². The predicted octanol–water partition coefficient (Wildman–Crippen LogP) is 6.21. The Morgan fingerprint density at radius 2 is 1.83 bits per heavy atom. The molecular formula is C23H15ClFIN2O2. The van der Waals surface area contributed by atoms with Crippen LogP contribution in [-0.4, -0.2) is 5.91 Å². The summed E-state index contributed by atoms with van der Waals surface area (Å²) in [6, 6.07) is 20.0. The molecule has 0 radical (unpaired) electrons. The van der Waals surface area contributed by atoms with Gasteiger partial charge in [0.05, 0.1) is 3.57 Å². The molecule has 7 heteroatoms. The van der Waals surface area contributed by atoms with Crippen molar-refractivity contribution in [3.05, 3.63) is 97.8 Å². The number of hydrogen-bond acceptors (Lipinski definition) is 3. The lowest BCUT2D eigenvalue weighted by molar-refractivity contribution is -0.112. The first kappa shape index (κ1) is 21.8.